The van der Waals surface area contributed by atoms with Gasteiger partial charge in [-0.25, -0.2) is 8.42 Å². The summed E-state index contributed by atoms with van der Waals surface area (Å²) < 4.78 is 33.0. The summed E-state index contributed by atoms with van der Waals surface area (Å²) in [6, 6.07) is 21.8. The van der Waals surface area contributed by atoms with Crippen molar-refractivity contribution in [3.05, 3.63) is 95.0 Å². The summed E-state index contributed by atoms with van der Waals surface area (Å²) in [5.74, 6) is -0.114. The van der Waals surface area contributed by atoms with E-state index in [1.807, 2.05) is 48.5 Å². The molecule has 0 aromatic heterocycles. The average Bonchev–Trinajstić information content (AvgIpc) is 3.00. The van der Waals surface area contributed by atoms with Crippen LogP contribution < -0.4 is 10.1 Å². The molecule has 4 rings (SSSR count). The highest BCUT2D eigenvalue weighted by atomic mass is 35.5. The Bertz CT molecular complexity index is 1440. The van der Waals surface area contributed by atoms with Gasteiger partial charge in [-0.15, -0.1) is 0 Å². The minimum Gasteiger partial charge on any atom is -0.497 e. The van der Waals surface area contributed by atoms with Crippen molar-refractivity contribution in [2.24, 2.45) is 0 Å². The molecule has 1 saturated carbocycles. The Labute approximate surface area is 253 Å². The first-order valence-corrected chi connectivity index (χ1v) is 16.0. The van der Waals surface area contributed by atoms with E-state index in [0.717, 1.165) is 47.5 Å². The van der Waals surface area contributed by atoms with Gasteiger partial charge in [0.05, 0.1) is 18.6 Å². The van der Waals surface area contributed by atoms with Crippen LogP contribution in [0.25, 0.3) is 0 Å². The van der Waals surface area contributed by atoms with Crippen molar-refractivity contribution in [1.29, 1.82) is 0 Å². The van der Waals surface area contributed by atoms with Crippen LogP contribution in [-0.2, 0) is 32.6 Å². The van der Waals surface area contributed by atoms with Gasteiger partial charge < -0.3 is 15.0 Å². The number of benzene rings is 3. The van der Waals surface area contributed by atoms with E-state index in [1.165, 1.54) is 36.2 Å². The lowest BCUT2D eigenvalue weighted by Gasteiger charge is -2.34. The predicted molar refractivity (Wildman–Crippen MR) is 164 cm³/mol. The maximum Gasteiger partial charge on any atom is 0.243 e. The number of ether oxygens (including phenoxy) is 1. The maximum atomic E-state index is 14.1. The molecule has 2 amide bonds. The summed E-state index contributed by atoms with van der Waals surface area (Å²) in [4.78, 5) is 29.5. The predicted octanol–water partition coefficient (Wildman–Crippen LogP) is 5.06. The molecule has 0 radical (unpaired) electrons. The lowest BCUT2D eigenvalue weighted by atomic mass is 9.94. The van der Waals surface area contributed by atoms with Gasteiger partial charge in [0.15, 0.2) is 0 Å². The maximum absolute atomic E-state index is 14.1. The minimum atomic E-state index is -3.99. The molecule has 0 saturated heterocycles. The number of nitrogens with zero attached hydrogens (tertiary/aromatic N) is 2. The number of hydrogen-bond acceptors (Lipinski definition) is 5. The minimum absolute atomic E-state index is 0.0254. The number of carbonyl (C=O) groups excluding carboxylic acids is 2. The Balaban J connectivity index is 1.67. The molecule has 0 spiro atoms. The molecule has 3 aromatic rings. The summed E-state index contributed by atoms with van der Waals surface area (Å²) in [5.41, 5.74) is 1.65. The molecule has 8 nitrogen and oxygen atoms in total. The van der Waals surface area contributed by atoms with Crippen molar-refractivity contribution in [3.63, 3.8) is 0 Å². The fourth-order valence-corrected chi connectivity index (χ4v) is 6.46. The molecule has 3 aromatic carbocycles. The lowest BCUT2D eigenvalue weighted by molar-refractivity contribution is -0.141. The monoisotopic (exact) mass is 611 g/mol. The number of likely N-dealkylation sites (N-methyl/N-ethyl adjacent to an activating group) is 1. The molecule has 0 bridgehead atoms. The second-order valence-electron chi connectivity index (χ2n) is 10.6. The molecule has 1 atom stereocenters. The highest BCUT2D eigenvalue weighted by Crippen LogP contribution is 2.22. The van der Waals surface area contributed by atoms with Crippen molar-refractivity contribution in [3.8, 4) is 5.75 Å². The van der Waals surface area contributed by atoms with E-state index in [4.69, 9.17) is 16.3 Å². The van der Waals surface area contributed by atoms with Crippen LogP contribution in [0.15, 0.2) is 83.8 Å². The second-order valence-corrected chi connectivity index (χ2v) is 13.1. The van der Waals surface area contributed by atoms with E-state index in [-0.39, 0.29) is 29.8 Å². The Hall–Kier alpha value is -3.40. The third kappa shape index (κ3) is 8.33. The van der Waals surface area contributed by atoms with Gasteiger partial charge in [-0.3, -0.25) is 9.59 Å². The molecular formula is C32H38ClN3O5S. The molecule has 10 heteroatoms. The van der Waals surface area contributed by atoms with Crippen LogP contribution in [0.2, 0.25) is 5.02 Å². The number of halogens is 1. The van der Waals surface area contributed by atoms with Gasteiger partial charge in [0, 0.05) is 31.1 Å². The van der Waals surface area contributed by atoms with E-state index in [9.17, 15) is 18.0 Å². The normalized spacial score (nSPS) is 14.8. The van der Waals surface area contributed by atoms with Crippen molar-refractivity contribution < 1.29 is 22.7 Å². The standard InChI is InChI=1S/C32H38ClN3O5S/c1-35(42(39,40)29-18-16-26(33)17-19-29)23-31(37)36(22-25-12-9-15-28(20-25)41-2)30(21-24-10-5-3-6-11-24)32(38)34-27-13-7-4-8-14-27/h3,5-6,9-12,15-20,27,30H,4,7-8,13-14,21-23H2,1-2H3,(H,34,38)/t30-/m1/s1. The zero-order valence-electron chi connectivity index (χ0n) is 24.0. The highest BCUT2D eigenvalue weighted by Gasteiger charge is 2.34. The number of hydrogen-bond donors (Lipinski definition) is 1. The zero-order valence-corrected chi connectivity index (χ0v) is 25.6. The Morgan fingerprint density at radius 1 is 0.952 bits per heavy atom. The van der Waals surface area contributed by atoms with Gasteiger partial charge >= 0.3 is 0 Å². The number of rotatable bonds is 12. The van der Waals surface area contributed by atoms with Gasteiger partial charge in [-0.2, -0.15) is 4.31 Å². The molecule has 1 fully saturated rings. The van der Waals surface area contributed by atoms with E-state index in [1.54, 1.807) is 13.2 Å². The topological polar surface area (TPSA) is 96.0 Å². The summed E-state index contributed by atoms with van der Waals surface area (Å²) in [6.45, 7) is -0.350. The molecule has 0 aliphatic heterocycles. The number of sulfonamides is 1. The fourth-order valence-electron chi connectivity index (χ4n) is 5.22. The Kier molecular flexibility index (Phi) is 11.0. The molecular weight excluding hydrogens is 574 g/mol. The van der Waals surface area contributed by atoms with Crippen LogP contribution >= 0.6 is 11.6 Å². The third-order valence-electron chi connectivity index (χ3n) is 7.59. The van der Waals surface area contributed by atoms with Crippen LogP contribution in [-0.4, -0.2) is 62.2 Å². The number of nitrogens with one attached hydrogen (secondary N) is 1. The van der Waals surface area contributed by atoms with Crippen LogP contribution in [0.4, 0.5) is 0 Å². The van der Waals surface area contributed by atoms with E-state index >= 15 is 0 Å². The summed E-state index contributed by atoms with van der Waals surface area (Å²) in [5, 5.41) is 3.60. The van der Waals surface area contributed by atoms with E-state index < -0.39 is 28.5 Å². The van der Waals surface area contributed by atoms with Gasteiger partial charge in [0.25, 0.3) is 0 Å². The van der Waals surface area contributed by atoms with E-state index in [2.05, 4.69) is 5.32 Å². The number of methoxy groups -OCH3 is 1. The second kappa shape index (κ2) is 14.7. The lowest BCUT2D eigenvalue weighted by Crippen LogP contribution is -2.54. The molecule has 0 unspecified atom stereocenters. The van der Waals surface area contributed by atoms with Crippen molar-refractivity contribution in [1.82, 2.24) is 14.5 Å². The van der Waals surface area contributed by atoms with Crippen LogP contribution in [0.3, 0.4) is 0 Å². The van der Waals surface area contributed by atoms with Gasteiger partial charge in [0.1, 0.15) is 11.8 Å². The molecule has 1 aliphatic rings. The molecule has 0 heterocycles. The highest BCUT2D eigenvalue weighted by molar-refractivity contribution is 7.89. The van der Waals surface area contributed by atoms with Gasteiger partial charge in [0.2, 0.25) is 21.8 Å². The SMILES string of the molecule is COc1cccc(CN(C(=O)CN(C)S(=O)(=O)c2ccc(Cl)cc2)[C@H](Cc2ccccc2)C(=O)NC2CCCCC2)c1. The molecule has 1 aliphatic carbocycles. The first-order chi connectivity index (χ1) is 20.2. The molecule has 224 valence electrons. The summed E-state index contributed by atoms with van der Waals surface area (Å²) in [7, 11) is -1.06. The average molecular weight is 612 g/mol. The zero-order chi connectivity index (χ0) is 30.1. The third-order valence-corrected chi connectivity index (χ3v) is 9.66. The van der Waals surface area contributed by atoms with E-state index in [0.29, 0.717) is 10.8 Å². The summed E-state index contributed by atoms with van der Waals surface area (Å²) in [6.07, 6.45) is 5.32. The van der Waals surface area contributed by atoms with Gasteiger partial charge in [-0.1, -0.05) is 73.3 Å². The number of amides is 2. The number of carbonyl (C=O) groups is 2. The Morgan fingerprint density at radius 2 is 1.62 bits per heavy atom. The van der Waals surface area contributed by atoms with Crippen molar-refractivity contribution in [2.75, 3.05) is 20.7 Å². The van der Waals surface area contributed by atoms with Crippen LogP contribution in [0, 0.1) is 0 Å². The first kappa shape index (κ1) is 31.5. The molecule has 42 heavy (non-hydrogen) atoms. The van der Waals surface area contributed by atoms with Crippen molar-refractivity contribution >= 4 is 33.4 Å². The largest absolute Gasteiger partial charge is 0.497 e. The van der Waals surface area contributed by atoms with Crippen LogP contribution in [0.5, 0.6) is 5.75 Å². The Morgan fingerprint density at radius 3 is 2.29 bits per heavy atom. The quantitative estimate of drug-likeness (QED) is 0.309. The first-order valence-electron chi connectivity index (χ1n) is 14.2. The smallest absolute Gasteiger partial charge is 0.243 e. The van der Waals surface area contributed by atoms with Gasteiger partial charge in [-0.05, 0) is 60.4 Å². The van der Waals surface area contributed by atoms with Crippen LogP contribution in [0.1, 0.15) is 43.2 Å². The summed E-state index contributed by atoms with van der Waals surface area (Å²) >= 11 is 5.95. The fraction of sp³-hybridized carbons (Fsp3) is 0.375. The molecule has 1 N–H and O–H groups in total. The van der Waals surface area contributed by atoms with Crippen molar-refractivity contribution in [2.45, 2.75) is 62.0 Å².